The highest BCUT2D eigenvalue weighted by Gasteiger charge is 2.16. The highest BCUT2D eigenvalue weighted by molar-refractivity contribution is 6.40. The summed E-state index contributed by atoms with van der Waals surface area (Å²) in [5.74, 6) is -1.22. The maximum absolute atomic E-state index is 10.1. The summed E-state index contributed by atoms with van der Waals surface area (Å²) >= 11 is 9.53. The number of alkyl halides is 2. The number of rotatable bonds is 0. The third-order valence-corrected chi connectivity index (χ3v) is 0.667. The van der Waals surface area contributed by atoms with Crippen molar-refractivity contribution in [3.8, 4) is 0 Å². The minimum atomic E-state index is -0.610. The van der Waals surface area contributed by atoms with E-state index in [-0.39, 0.29) is 18.6 Å². The minimum Gasteiger partial charge on any atom is -0.390 e. The first kappa shape index (κ1) is 10.7. The zero-order valence-corrected chi connectivity index (χ0v) is 7.02. The summed E-state index contributed by atoms with van der Waals surface area (Å²) in [6, 6.07) is 0. The van der Waals surface area contributed by atoms with Gasteiger partial charge < -0.3 is 9.47 Å². The molecule has 0 bridgehead atoms. The minimum absolute atomic E-state index is 0.105. The predicted octanol–water partition coefficient (Wildman–Crippen LogP) is 0.508. The largest absolute Gasteiger partial charge is 0.390 e. The van der Waals surface area contributed by atoms with E-state index in [2.05, 4.69) is 9.47 Å². The van der Waals surface area contributed by atoms with Crippen molar-refractivity contribution in [3.05, 3.63) is 0 Å². The van der Waals surface area contributed by atoms with Crippen molar-refractivity contribution in [2.45, 2.75) is 0 Å². The zero-order chi connectivity index (χ0) is 8.69. The van der Waals surface area contributed by atoms with Gasteiger partial charge in [-0.1, -0.05) is 0 Å². The number of carbonyl (C=O) groups is 2. The molecule has 1 saturated heterocycles. The van der Waals surface area contributed by atoms with E-state index in [1.807, 2.05) is 0 Å². The first-order valence-corrected chi connectivity index (χ1v) is 3.70. The van der Waals surface area contributed by atoms with Crippen LogP contribution in [0.3, 0.4) is 0 Å². The van der Waals surface area contributed by atoms with Gasteiger partial charge in [0.1, 0.15) is 13.2 Å². The Labute approximate surface area is 73.4 Å². The number of hydrogen-bond acceptors (Lipinski definition) is 4. The van der Waals surface area contributed by atoms with E-state index in [9.17, 15) is 9.59 Å². The van der Waals surface area contributed by atoms with Gasteiger partial charge in [0.25, 0.3) is 0 Å². The van der Waals surface area contributed by atoms with Crippen molar-refractivity contribution >= 4 is 35.1 Å². The molecule has 4 nitrogen and oxygen atoms in total. The molecule has 0 aromatic carbocycles. The van der Waals surface area contributed by atoms with Crippen LogP contribution in [0.4, 0.5) is 0 Å². The lowest BCUT2D eigenvalue weighted by Gasteiger charge is -2.07. The summed E-state index contributed by atoms with van der Waals surface area (Å²) in [5.41, 5.74) is 0. The zero-order valence-electron chi connectivity index (χ0n) is 5.51. The van der Waals surface area contributed by atoms with Gasteiger partial charge in [0.05, 0.1) is 5.34 Å². The molecular formula is C5H6Cl2O4. The number of hydrogen-bond donors (Lipinski definition) is 0. The van der Waals surface area contributed by atoms with Gasteiger partial charge in [-0.3, -0.25) is 0 Å². The molecule has 1 rings (SSSR count). The van der Waals surface area contributed by atoms with Crippen LogP contribution in [0.2, 0.25) is 0 Å². The smallest absolute Gasteiger partial charge is 0.339 e. The van der Waals surface area contributed by atoms with Crippen molar-refractivity contribution < 1.29 is 19.1 Å². The third-order valence-electron chi connectivity index (χ3n) is 0.667. The fourth-order valence-electron chi connectivity index (χ4n) is 0.404. The molecule has 6 heteroatoms. The molecule has 0 aromatic heterocycles. The Kier molecular flexibility index (Phi) is 6.21. The topological polar surface area (TPSA) is 52.6 Å². The second kappa shape index (κ2) is 6.39. The van der Waals surface area contributed by atoms with E-state index in [0.29, 0.717) is 0 Å². The lowest BCUT2D eigenvalue weighted by molar-refractivity contribution is -0.174. The summed E-state index contributed by atoms with van der Waals surface area (Å²) < 4.78 is 8.55. The fourth-order valence-corrected chi connectivity index (χ4v) is 0.404. The Morgan fingerprint density at radius 1 is 1.18 bits per heavy atom. The predicted molar refractivity (Wildman–Crippen MR) is 38.5 cm³/mol. The van der Waals surface area contributed by atoms with Crippen molar-refractivity contribution in [1.82, 2.24) is 0 Å². The van der Waals surface area contributed by atoms with Crippen LogP contribution in [0.5, 0.6) is 0 Å². The molecule has 0 atom stereocenters. The Balaban J connectivity index is 0.000000292. The SMILES string of the molecule is ClCCl.O=C1COCC(=O)O1. The van der Waals surface area contributed by atoms with Gasteiger partial charge in [-0.2, -0.15) is 0 Å². The first-order chi connectivity index (χ1) is 5.20. The van der Waals surface area contributed by atoms with E-state index in [1.165, 1.54) is 0 Å². The Morgan fingerprint density at radius 3 is 1.73 bits per heavy atom. The van der Waals surface area contributed by atoms with Crippen LogP contribution in [-0.2, 0) is 19.1 Å². The standard InChI is InChI=1S/C4H4O4.CH2Cl2/c5-3-1-7-2-4(6)8-3;2-1-3/h1-2H2;1H2. The Hall–Kier alpha value is -0.320. The van der Waals surface area contributed by atoms with Gasteiger partial charge in [0, 0.05) is 0 Å². The van der Waals surface area contributed by atoms with Crippen LogP contribution in [0, 0.1) is 0 Å². The molecule has 1 fully saturated rings. The fraction of sp³-hybridized carbons (Fsp3) is 0.600. The van der Waals surface area contributed by atoms with Crippen LogP contribution in [0.15, 0.2) is 0 Å². The molecule has 0 unspecified atom stereocenters. The summed E-state index contributed by atoms with van der Waals surface area (Å²) in [6.07, 6.45) is 0. The van der Waals surface area contributed by atoms with Crippen molar-refractivity contribution in [2.24, 2.45) is 0 Å². The Bertz CT molecular complexity index is 133. The molecule has 0 aliphatic carbocycles. The molecule has 11 heavy (non-hydrogen) atoms. The average Bonchev–Trinajstić information content (AvgIpc) is 1.88. The first-order valence-electron chi connectivity index (χ1n) is 2.64. The van der Waals surface area contributed by atoms with Crippen LogP contribution in [0.1, 0.15) is 0 Å². The molecule has 1 aliphatic rings. The van der Waals surface area contributed by atoms with Crippen LogP contribution >= 0.6 is 23.2 Å². The molecule has 0 N–H and O–H groups in total. The second-order valence-electron chi connectivity index (χ2n) is 1.44. The van der Waals surface area contributed by atoms with Gasteiger partial charge in [-0.05, 0) is 0 Å². The van der Waals surface area contributed by atoms with Gasteiger partial charge in [0.15, 0.2) is 0 Å². The second-order valence-corrected chi connectivity index (χ2v) is 2.25. The highest BCUT2D eigenvalue weighted by atomic mass is 35.5. The lowest BCUT2D eigenvalue weighted by Crippen LogP contribution is -2.28. The molecule has 0 aromatic rings. The molecule has 64 valence electrons. The van der Waals surface area contributed by atoms with Crippen molar-refractivity contribution in [1.29, 1.82) is 0 Å². The van der Waals surface area contributed by atoms with E-state index < -0.39 is 11.9 Å². The van der Waals surface area contributed by atoms with E-state index >= 15 is 0 Å². The van der Waals surface area contributed by atoms with Crippen LogP contribution < -0.4 is 0 Å². The maximum Gasteiger partial charge on any atom is 0.339 e. The van der Waals surface area contributed by atoms with Crippen LogP contribution in [-0.4, -0.2) is 30.5 Å². The highest BCUT2D eigenvalue weighted by Crippen LogP contribution is 1.90. The van der Waals surface area contributed by atoms with E-state index in [0.717, 1.165) is 0 Å². The number of ether oxygens (including phenoxy) is 2. The van der Waals surface area contributed by atoms with Crippen molar-refractivity contribution in [3.63, 3.8) is 0 Å². The quantitative estimate of drug-likeness (QED) is 0.325. The maximum atomic E-state index is 10.1. The molecule has 1 aliphatic heterocycles. The molecule has 1 heterocycles. The van der Waals surface area contributed by atoms with Gasteiger partial charge in [0.2, 0.25) is 0 Å². The van der Waals surface area contributed by atoms with Gasteiger partial charge in [-0.15, -0.1) is 23.2 Å². The summed E-state index contributed by atoms with van der Waals surface area (Å²) in [5, 5.41) is 0.194. The number of carbonyl (C=O) groups excluding carboxylic acids is 2. The molecular weight excluding hydrogens is 195 g/mol. The van der Waals surface area contributed by atoms with Crippen molar-refractivity contribution in [2.75, 3.05) is 18.6 Å². The average molecular weight is 201 g/mol. The molecule has 0 saturated carbocycles. The summed E-state index contributed by atoms with van der Waals surface area (Å²) in [6.45, 7) is -0.211. The van der Waals surface area contributed by atoms with Gasteiger partial charge >= 0.3 is 11.9 Å². The number of cyclic esters (lactones) is 2. The van der Waals surface area contributed by atoms with E-state index in [4.69, 9.17) is 23.2 Å². The van der Waals surface area contributed by atoms with Crippen LogP contribution in [0.25, 0.3) is 0 Å². The lowest BCUT2D eigenvalue weighted by atomic mass is 10.6. The summed E-state index contributed by atoms with van der Waals surface area (Å²) in [7, 11) is 0. The molecule has 0 amide bonds. The number of esters is 2. The van der Waals surface area contributed by atoms with Gasteiger partial charge in [-0.25, -0.2) is 9.59 Å². The third kappa shape index (κ3) is 6.09. The molecule has 0 radical (unpaired) electrons. The molecule has 0 spiro atoms. The number of halogens is 2. The summed E-state index contributed by atoms with van der Waals surface area (Å²) in [4.78, 5) is 20.2. The monoisotopic (exact) mass is 200 g/mol. The van der Waals surface area contributed by atoms with E-state index in [1.54, 1.807) is 0 Å². The normalized spacial score (nSPS) is 16.5. The Morgan fingerprint density at radius 2 is 1.55 bits per heavy atom.